The van der Waals surface area contributed by atoms with Gasteiger partial charge in [0.05, 0.1) is 0 Å². The molecule has 0 spiro atoms. The quantitative estimate of drug-likeness (QED) is 0.696. The van der Waals surface area contributed by atoms with Gasteiger partial charge in [-0.25, -0.2) is 10.9 Å². The average molecular weight is 197 g/mol. The molecule has 1 aromatic carbocycles. The van der Waals surface area contributed by atoms with E-state index in [9.17, 15) is 4.79 Å². The van der Waals surface area contributed by atoms with Crippen LogP contribution in [0.25, 0.3) is 0 Å². The molecule has 0 atom stereocenters. The van der Waals surface area contributed by atoms with Crippen molar-refractivity contribution in [3.05, 3.63) is 29.3 Å². The van der Waals surface area contributed by atoms with E-state index in [1.165, 1.54) is 4.90 Å². The summed E-state index contributed by atoms with van der Waals surface area (Å²) < 4.78 is 0. The second kappa shape index (κ2) is 3.83. The van der Waals surface area contributed by atoms with Gasteiger partial charge in [-0.1, -0.05) is 0 Å². The predicted octanol–water partition coefficient (Wildman–Crippen LogP) is 1.71. The number of primary amides is 1. The molecule has 2 nitrogen and oxygen atoms in total. The standard InChI is InChI=1S/C10H15NOS/c1-7-6-8(13(2)3)4-5-9(7)10(11)12/h4-6,13H,1-3H3,(H2,11,12). The van der Waals surface area contributed by atoms with Gasteiger partial charge >= 0.3 is 0 Å². The zero-order valence-electron chi connectivity index (χ0n) is 8.16. The molecule has 13 heavy (non-hydrogen) atoms. The van der Waals surface area contributed by atoms with Gasteiger partial charge in [0.15, 0.2) is 0 Å². The molecule has 1 rings (SSSR count). The number of aryl methyl sites for hydroxylation is 1. The Bertz CT molecular complexity index is 334. The van der Waals surface area contributed by atoms with Gasteiger partial charge in [0.1, 0.15) is 0 Å². The lowest BCUT2D eigenvalue weighted by atomic mass is 10.1. The molecular formula is C10H15NOS. The van der Waals surface area contributed by atoms with Crippen molar-refractivity contribution in [2.45, 2.75) is 11.8 Å². The van der Waals surface area contributed by atoms with E-state index in [1.54, 1.807) is 0 Å². The maximum absolute atomic E-state index is 10.9. The summed E-state index contributed by atoms with van der Waals surface area (Å²) in [5, 5.41) is 0. The number of benzene rings is 1. The van der Waals surface area contributed by atoms with Gasteiger partial charge in [0.25, 0.3) is 0 Å². The second-order valence-corrected chi connectivity index (χ2v) is 5.56. The summed E-state index contributed by atoms with van der Waals surface area (Å²) in [5.41, 5.74) is 6.81. The molecule has 0 saturated heterocycles. The Balaban J connectivity index is 3.13. The topological polar surface area (TPSA) is 43.1 Å². The molecule has 0 fully saturated rings. The summed E-state index contributed by atoms with van der Waals surface area (Å²) in [4.78, 5) is 12.2. The minimum absolute atomic E-state index is 0.0956. The summed E-state index contributed by atoms with van der Waals surface area (Å²) >= 11 is 0. The van der Waals surface area contributed by atoms with Gasteiger partial charge in [0, 0.05) is 5.56 Å². The van der Waals surface area contributed by atoms with Crippen LogP contribution in [0.5, 0.6) is 0 Å². The molecule has 2 N–H and O–H groups in total. The van der Waals surface area contributed by atoms with Crippen LogP contribution in [-0.2, 0) is 0 Å². The van der Waals surface area contributed by atoms with E-state index in [0.717, 1.165) is 5.56 Å². The maximum atomic E-state index is 10.9. The minimum atomic E-state index is -0.347. The molecule has 0 aliphatic carbocycles. The Morgan fingerprint density at radius 2 is 2.00 bits per heavy atom. The zero-order chi connectivity index (χ0) is 10.0. The molecule has 0 aliphatic rings. The number of carbonyl (C=O) groups is 1. The summed E-state index contributed by atoms with van der Waals surface area (Å²) in [6, 6.07) is 5.85. The largest absolute Gasteiger partial charge is 0.366 e. The Hall–Kier alpha value is -0.960. The smallest absolute Gasteiger partial charge is 0.248 e. The van der Waals surface area contributed by atoms with Gasteiger partial charge in [-0.2, -0.15) is 0 Å². The molecule has 0 aromatic heterocycles. The van der Waals surface area contributed by atoms with Crippen molar-refractivity contribution in [1.82, 2.24) is 0 Å². The molecule has 0 saturated carbocycles. The van der Waals surface area contributed by atoms with Crippen LogP contribution in [0.15, 0.2) is 23.1 Å². The third kappa shape index (κ3) is 2.25. The predicted molar refractivity (Wildman–Crippen MR) is 58.8 cm³/mol. The highest BCUT2D eigenvalue weighted by molar-refractivity contribution is 8.15. The zero-order valence-corrected chi connectivity index (χ0v) is 9.06. The first-order valence-electron chi connectivity index (χ1n) is 4.10. The molecule has 0 aliphatic heterocycles. The van der Waals surface area contributed by atoms with E-state index < -0.39 is 0 Å². The van der Waals surface area contributed by atoms with E-state index in [2.05, 4.69) is 12.5 Å². The first kappa shape index (κ1) is 10.1. The number of hydrogen-bond donors (Lipinski definition) is 2. The molecule has 0 radical (unpaired) electrons. The Labute approximate surface area is 81.5 Å². The van der Waals surface area contributed by atoms with Crippen LogP contribution < -0.4 is 5.73 Å². The maximum Gasteiger partial charge on any atom is 0.248 e. The van der Waals surface area contributed by atoms with Crippen molar-refractivity contribution in [2.24, 2.45) is 5.73 Å². The monoisotopic (exact) mass is 197 g/mol. The third-order valence-corrected chi connectivity index (χ3v) is 3.30. The number of carbonyl (C=O) groups excluding carboxylic acids is 1. The average Bonchev–Trinajstić information content (AvgIpc) is 2.03. The SMILES string of the molecule is Cc1cc([SH](C)C)ccc1C(N)=O. The molecule has 1 amide bonds. The molecule has 0 bridgehead atoms. The van der Waals surface area contributed by atoms with Gasteiger partial charge in [-0.15, -0.1) is 0 Å². The fraction of sp³-hybridized carbons (Fsp3) is 0.300. The normalized spacial score (nSPS) is 11.2. The summed E-state index contributed by atoms with van der Waals surface area (Å²) in [5.74, 6) is -0.347. The fourth-order valence-corrected chi connectivity index (χ4v) is 2.03. The van der Waals surface area contributed by atoms with E-state index in [0.29, 0.717) is 5.56 Å². The fourth-order valence-electron chi connectivity index (χ4n) is 1.20. The van der Waals surface area contributed by atoms with Gasteiger partial charge in [-0.05, 0) is 48.1 Å². The molecular weight excluding hydrogens is 182 g/mol. The van der Waals surface area contributed by atoms with Crippen molar-refractivity contribution in [1.29, 1.82) is 0 Å². The van der Waals surface area contributed by atoms with Crippen molar-refractivity contribution in [3.63, 3.8) is 0 Å². The highest BCUT2D eigenvalue weighted by Crippen LogP contribution is 2.29. The molecule has 0 unspecified atom stereocenters. The van der Waals surface area contributed by atoms with Crippen LogP contribution in [-0.4, -0.2) is 18.4 Å². The minimum Gasteiger partial charge on any atom is -0.366 e. The van der Waals surface area contributed by atoms with E-state index >= 15 is 0 Å². The Morgan fingerprint density at radius 1 is 1.38 bits per heavy atom. The number of rotatable bonds is 2. The van der Waals surface area contributed by atoms with Crippen LogP contribution in [0.3, 0.4) is 0 Å². The molecule has 3 heteroatoms. The van der Waals surface area contributed by atoms with Gasteiger partial charge < -0.3 is 5.73 Å². The summed E-state index contributed by atoms with van der Waals surface area (Å²) in [6.07, 6.45) is 4.38. The van der Waals surface area contributed by atoms with E-state index in [4.69, 9.17) is 5.73 Å². The first-order chi connectivity index (χ1) is 6.02. The van der Waals surface area contributed by atoms with Crippen LogP contribution in [0, 0.1) is 6.92 Å². The van der Waals surface area contributed by atoms with Crippen molar-refractivity contribution >= 4 is 16.8 Å². The van der Waals surface area contributed by atoms with Crippen LogP contribution in [0.1, 0.15) is 15.9 Å². The number of amides is 1. The summed E-state index contributed by atoms with van der Waals surface area (Å²) in [6.45, 7) is 1.92. The number of thiol groups is 1. The lowest BCUT2D eigenvalue weighted by Crippen LogP contribution is -2.12. The lowest BCUT2D eigenvalue weighted by molar-refractivity contribution is 0.0999. The van der Waals surface area contributed by atoms with Gasteiger partial charge in [0.2, 0.25) is 5.91 Å². The second-order valence-electron chi connectivity index (χ2n) is 3.26. The Kier molecular flexibility index (Phi) is 2.98. The van der Waals surface area contributed by atoms with Crippen molar-refractivity contribution in [2.75, 3.05) is 12.5 Å². The highest BCUT2D eigenvalue weighted by atomic mass is 32.2. The molecule has 72 valence electrons. The van der Waals surface area contributed by atoms with E-state index in [1.807, 2.05) is 25.1 Å². The van der Waals surface area contributed by atoms with Crippen LogP contribution in [0.2, 0.25) is 0 Å². The highest BCUT2D eigenvalue weighted by Gasteiger charge is 2.05. The van der Waals surface area contributed by atoms with Crippen molar-refractivity contribution < 1.29 is 4.79 Å². The van der Waals surface area contributed by atoms with E-state index in [-0.39, 0.29) is 16.8 Å². The van der Waals surface area contributed by atoms with Gasteiger partial charge in [-0.3, -0.25) is 4.79 Å². The lowest BCUT2D eigenvalue weighted by Gasteiger charge is -2.11. The number of nitrogens with two attached hydrogens (primary N) is 1. The Morgan fingerprint density at radius 3 is 2.38 bits per heavy atom. The molecule has 0 heterocycles. The molecule has 1 aromatic rings. The summed E-state index contributed by atoms with van der Waals surface area (Å²) in [7, 11) is -0.0956. The van der Waals surface area contributed by atoms with Crippen LogP contribution >= 0.6 is 10.9 Å². The van der Waals surface area contributed by atoms with Crippen LogP contribution in [0.4, 0.5) is 0 Å². The first-order valence-corrected chi connectivity index (χ1v) is 6.33. The number of hydrogen-bond acceptors (Lipinski definition) is 1. The van der Waals surface area contributed by atoms with Crippen molar-refractivity contribution in [3.8, 4) is 0 Å². The third-order valence-electron chi connectivity index (χ3n) is 1.99.